The molecule has 0 bridgehead atoms. The van der Waals surface area contributed by atoms with Crippen LogP contribution in [0.5, 0.6) is 0 Å². The highest BCUT2D eigenvalue weighted by Gasteiger charge is 2.52. The Morgan fingerprint density at radius 1 is 1.24 bits per heavy atom. The van der Waals surface area contributed by atoms with Crippen molar-refractivity contribution in [2.24, 2.45) is 7.05 Å². The van der Waals surface area contributed by atoms with E-state index in [9.17, 15) is 17.6 Å². The van der Waals surface area contributed by atoms with Gasteiger partial charge in [0.2, 0.25) is 5.28 Å². The molecule has 1 aliphatic rings. The van der Waals surface area contributed by atoms with Crippen LogP contribution in [-0.4, -0.2) is 39.8 Å². The lowest BCUT2D eigenvalue weighted by Crippen LogP contribution is -2.55. The molecule has 0 amide bonds. The van der Waals surface area contributed by atoms with Crippen molar-refractivity contribution in [2.75, 3.05) is 18.0 Å². The number of fused-ring (bicyclic) bond motifs is 1. The van der Waals surface area contributed by atoms with Crippen LogP contribution in [0.2, 0.25) is 5.28 Å². The topological polar surface area (TPSA) is 43.2 Å². The highest BCUT2D eigenvalue weighted by Crippen LogP contribution is 2.38. The molecule has 0 N–H and O–H groups in total. The van der Waals surface area contributed by atoms with Crippen LogP contribution in [0.15, 0.2) is 12.4 Å². The molecular formula is C11H9ClF4N4O. The van der Waals surface area contributed by atoms with Crippen LogP contribution in [0.4, 0.5) is 23.2 Å². The highest BCUT2D eigenvalue weighted by molar-refractivity contribution is 6.28. The Kier molecular flexibility index (Phi) is 3.03. The normalized spacial score (nSPS) is 21.0. The zero-order chi connectivity index (χ0) is 15.4. The first-order valence-corrected chi connectivity index (χ1v) is 6.23. The van der Waals surface area contributed by atoms with Gasteiger partial charge in [-0.15, -0.1) is 0 Å². The van der Waals surface area contributed by atoms with E-state index in [-0.39, 0.29) is 16.5 Å². The summed E-state index contributed by atoms with van der Waals surface area (Å²) in [5, 5.41) is -0.0956. The first-order valence-electron chi connectivity index (χ1n) is 5.85. The number of aromatic nitrogens is 3. The van der Waals surface area contributed by atoms with E-state index in [1.165, 1.54) is 12.4 Å². The summed E-state index contributed by atoms with van der Waals surface area (Å²) in [4.78, 5) is 8.53. The van der Waals surface area contributed by atoms with Gasteiger partial charge < -0.3 is 9.47 Å². The van der Waals surface area contributed by atoms with Crippen molar-refractivity contribution in [1.29, 1.82) is 0 Å². The second-order valence-electron chi connectivity index (χ2n) is 4.73. The Balaban J connectivity index is 2.09. The minimum absolute atomic E-state index is 0.0956. The second-order valence-corrected chi connectivity index (χ2v) is 5.07. The maximum atomic E-state index is 13.3. The van der Waals surface area contributed by atoms with Gasteiger partial charge in [-0.25, -0.2) is 9.97 Å². The van der Waals surface area contributed by atoms with Crippen LogP contribution in [0.1, 0.15) is 0 Å². The molecule has 114 valence electrons. The largest absolute Gasteiger partial charge is 0.377 e. The van der Waals surface area contributed by atoms with Gasteiger partial charge in [0.25, 0.3) is 0 Å². The average Bonchev–Trinajstić information content (AvgIpc) is 2.62. The molecule has 0 saturated carbocycles. The van der Waals surface area contributed by atoms with E-state index < -0.39 is 25.3 Å². The van der Waals surface area contributed by atoms with Crippen LogP contribution in [0, 0.1) is 0 Å². The van der Waals surface area contributed by atoms with Crippen LogP contribution in [0.25, 0.3) is 11.0 Å². The zero-order valence-electron chi connectivity index (χ0n) is 10.7. The molecule has 10 heteroatoms. The highest BCUT2D eigenvalue weighted by atomic mass is 35.5. The smallest absolute Gasteiger partial charge is 0.351 e. The lowest BCUT2D eigenvalue weighted by atomic mass is 10.3. The minimum atomic E-state index is -3.96. The lowest BCUT2D eigenvalue weighted by molar-refractivity contribution is -0.380. The summed E-state index contributed by atoms with van der Waals surface area (Å²) >= 11 is 5.68. The van der Waals surface area contributed by atoms with Crippen LogP contribution in [-0.2, 0) is 11.8 Å². The fourth-order valence-electron chi connectivity index (χ4n) is 2.30. The van der Waals surface area contributed by atoms with Gasteiger partial charge in [-0.1, -0.05) is 0 Å². The molecule has 0 aromatic carbocycles. The number of halogens is 5. The van der Waals surface area contributed by atoms with Crippen molar-refractivity contribution in [3.8, 4) is 0 Å². The van der Waals surface area contributed by atoms with Gasteiger partial charge in [0.1, 0.15) is 18.6 Å². The minimum Gasteiger partial charge on any atom is -0.351 e. The van der Waals surface area contributed by atoms with Crippen molar-refractivity contribution in [3.05, 3.63) is 17.7 Å². The van der Waals surface area contributed by atoms with E-state index in [1.807, 2.05) is 0 Å². The zero-order valence-corrected chi connectivity index (χ0v) is 11.4. The molecule has 3 heterocycles. The fraction of sp³-hybridized carbons (Fsp3) is 0.455. The molecule has 0 aliphatic carbocycles. The molecule has 3 rings (SSSR count). The summed E-state index contributed by atoms with van der Waals surface area (Å²) < 4.78 is 58.3. The van der Waals surface area contributed by atoms with Gasteiger partial charge >= 0.3 is 12.2 Å². The molecule has 0 radical (unpaired) electrons. The van der Waals surface area contributed by atoms with E-state index in [1.54, 1.807) is 11.6 Å². The monoisotopic (exact) mass is 324 g/mol. The summed E-state index contributed by atoms with van der Waals surface area (Å²) in [5.41, 5.74) is 0.845. The van der Waals surface area contributed by atoms with E-state index in [4.69, 9.17) is 11.6 Å². The number of aryl methyl sites for hydroxylation is 1. The molecule has 2 aromatic rings. The van der Waals surface area contributed by atoms with Gasteiger partial charge in [-0.3, -0.25) is 4.74 Å². The third-order valence-electron chi connectivity index (χ3n) is 3.07. The van der Waals surface area contributed by atoms with Gasteiger partial charge in [-0.05, 0) is 11.6 Å². The Morgan fingerprint density at radius 3 is 2.48 bits per heavy atom. The predicted molar refractivity (Wildman–Crippen MR) is 66.7 cm³/mol. The van der Waals surface area contributed by atoms with Crippen LogP contribution < -0.4 is 4.90 Å². The van der Waals surface area contributed by atoms with E-state index in [0.717, 1.165) is 4.90 Å². The maximum absolute atomic E-state index is 13.3. The Labute approximate surface area is 121 Å². The number of anilines is 1. The number of hydrogen-bond donors (Lipinski definition) is 0. The van der Waals surface area contributed by atoms with Gasteiger partial charge in [0.05, 0.1) is 17.4 Å². The third-order valence-corrected chi connectivity index (χ3v) is 3.25. The number of alkyl halides is 4. The fourth-order valence-corrected chi connectivity index (χ4v) is 2.43. The van der Waals surface area contributed by atoms with E-state index in [2.05, 4.69) is 14.7 Å². The van der Waals surface area contributed by atoms with Gasteiger partial charge in [0, 0.05) is 13.2 Å². The van der Waals surface area contributed by atoms with Gasteiger partial charge in [0.15, 0.2) is 0 Å². The van der Waals surface area contributed by atoms with E-state index >= 15 is 0 Å². The molecule has 0 unspecified atom stereocenters. The first-order chi connectivity index (χ1) is 9.67. The number of hydrogen-bond acceptors (Lipinski definition) is 4. The van der Waals surface area contributed by atoms with Crippen LogP contribution >= 0.6 is 11.6 Å². The molecule has 0 atom stereocenters. The molecular weight excluding hydrogens is 316 g/mol. The summed E-state index contributed by atoms with van der Waals surface area (Å²) in [5.74, 6) is 0. The molecule has 5 nitrogen and oxygen atoms in total. The van der Waals surface area contributed by atoms with Crippen molar-refractivity contribution in [3.63, 3.8) is 0 Å². The molecule has 2 aromatic heterocycles. The Morgan fingerprint density at radius 2 is 1.86 bits per heavy atom. The lowest BCUT2D eigenvalue weighted by Gasteiger charge is -2.37. The number of rotatable bonds is 1. The Hall–Kier alpha value is -1.61. The Bertz CT molecular complexity index is 689. The summed E-state index contributed by atoms with van der Waals surface area (Å²) in [6.45, 7) is -1.99. The number of morpholine rings is 1. The van der Waals surface area contributed by atoms with Crippen molar-refractivity contribution < 1.29 is 22.3 Å². The maximum Gasteiger partial charge on any atom is 0.377 e. The standard InChI is InChI=1S/C11H9ClF4N4O/c1-19-3-7(8-6(19)2-17-9(12)18-8)20-4-10(13,14)21-11(15,16)5-20/h2-3H,4-5H2,1H3. The summed E-state index contributed by atoms with van der Waals surface area (Å²) in [6.07, 6.45) is -5.10. The third kappa shape index (κ3) is 2.62. The van der Waals surface area contributed by atoms with Crippen LogP contribution in [0.3, 0.4) is 0 Å². The predicted octanol–water partition coefficient (Wildman–Crippen LogP) is 2.64. The molecule has 1 saturated heterocycles. The second kappa shape index (κ2) is 4.44. The molecule has 1 fully saturated rings. The van der Waals surface area contributed by atoms with Crippen molar-refractivity contribution in [2.45, 2.75) is 12.2 Å². The summed E-state index contributed by atoms with van der Waals surface area (Å²) in [7, 11) is 1.62. The summed E-state index contributed by atoms with van der Waals surface area (Å²) in [6, 6.07) is 0. The van der Waals surface area contributed by atoms with Crippen molar-refractivity contribution in [1.82, 2.24) is 14.5 Å². The molecule has 1 aliphatic heterocycles. The van der Waals surface area contributed by atoms with Gasteiger partial charge in [-0.2, -0.15) is 17.6 Å². The number of nitrogens with zero attached hydrogens (tertiary/aromatic N) is 4. The quantitative estimate of drug-likeness (QED) is 0.597. The first kappa shape index (κ1) is 14.3. The van der Waals surface area contributed by atoms with E-state index in [0.29, 0.717) is 5.52 Å². The average molecular weight is 325 g/mol. The SMILES string of the molecule is Cn1cc(N2CC(F)(F)OC(F)(F)C2)c2nc(Cl)ncc21. The number of ether oxygens (including phenoxy) is 1. The van der Waals surface area contributed by atoms with Crippen molar-refractivity contribution >= 4 is 28.3 Å². The molecule has 21 heavy (non-hydrogen) atoms. The molecule has 0 spiro atoms.